The molecule has 2 rings (SSSR count). The van der Waals surface area contributed by atoms with E-state index in [1.54, 1.807) is 49.4 Å². The minimum absolute atomic E-state index is 0.0386. The Labute approximate surface area is 154 Å². The van der Waals surface area contributed by atoms with Crippen molar-refractivity contribution in [3.05, 3.63) is 68.7 Å². The molecular weight excluding hydrogens is 373 g/mol. The maximum atomic E-state index is 12.0. The summed E-state index contributed by atoms with van der Waals surface area (Å²) >= 11 is 17.5. The second-order valence-electron chi connectivity index (χ2n) is 5.06. The van der Waals surface area contributed by atoms with Crippen LogP contribution in [0.2, 0.25) is 15.1 Å². The van der Waals surface area contributed by atoms with E-state index in [1.165, 1.54) is 0 Å². The Morgan fingerprint density at radius 3 is 2.33 bits per heavy atom. The monoisotopic (exact) mass is 385 g/mol. The Kier molecular flexibility index (Phi) is 6.49. The van der Waals surface area contributed by atoms with Crippen LogP contribution in [0.1, 0.15) is 22.8 Å². The molecule has 24 heavy (non-hydrogen) atoms. The van der Waals surface area contributed by atoms with Crippen LogP contribution in [0.25, 0.3) is 0 Å². The van der Waals surface area contributed by atoms with Crippen LogP contribution < -0.4 is 5.32 Å². The van der Waals surface area contributed by atoms with Crippen molar-refractivity contribution >= 4 is 46.7 Å². The van der Waals surface area contributed by atoms with Gasteiger partial charge in [0, 0.05) is 10.6 Å². The predicted molar refractivity (Wildman–Crippen MR) is 94.6 cm³/mol. The third-order valence-electron chi connectivity index (χ3n) is 3.17. The van der Waals surface area contributed by atoms with Gasteiger partial charge in [0.2, 0.25) is 0 Å². The Morgan fingerprint density at radius 2 is 1.71 bits per heavy atom. The summed E-state index contributed by atoms with van der Waals surface area (Å²) in [5.41, 5.74) is 1.11. The number of halogens is 3. The summed E-state index contributed by atoms with van der Waals surface area (Å²) < 4.78 is 5.16. The van der Waals surface area contributed by atoms with Crippen LogP contribution in [0.4, 0.5) is 0 Å². The molecule has 1 N–H and O–H groups in total. The van der Waals surface area contributed by atoms with E-state index in [0.717, 1.165) is 0 Å². The second-order valence-corrected chi connectivity index (χ2v) is 6.31. The fraction of sp³-hybridized carbons (Fsp3) is 0.176. The Morgan fingerprint density at radius 1 is 1.04 bits per heavy atom. The highest BCUT2D eigenvalue weighted by Gasteiger charge is 2.18. The maximum Gasteiger partial charge on any atom is 0.328 e. The topological polar surface area (TPSA) is 55.4 Å². The molecule has 7 heteroatoms. The summed E-state index contributed by atoms with van der Waals surface area (Å²) in [7, 11) is 0. The normalized spacial score (nSPS) is 11.7. The van der Waals surface area contributed by atoms with Crippen LogP contribution in [-0.4, -0.2) is 17.9 Å². The largest absolute Gasteiger partial charge is 0.459 e. The summed E-state index contributed by atoms with van der Waals surface area (Å²) in [5, 5.41) is 3.91. The molecule has 126 valence electrons. The van der Waals surface area contributed by atoms with Crippen molar-refractivity contribution < 1.29 is 14.3 Å². The van der Waals surface area contributed by atoms with Crippen LogP contribution in [0.15, 0.2) is 42.5 Å². The molecule has 0 saturated heterocycles. The summed E-state index contributed by atoms with van der Waals surface area (Å²) in [4.78, 5) is 24.0. The average molecular weight is 387 g/mol. The van der Waals surface area contributed by atoms with Gasteiger partial charge in [-0.05, 0) is 48.9 Å². The van der Waals surface area contributed by atoms with E-state index in [4.69, 9.17) is 39.5 Å². The van der Waals surface area contributed by atoms with Crippen LogP contribution >= 0.6 is 34.8 Å². The molecule has 4 nitrogen and oxygen atoms in total. The van der Waals surface area contributed by atoms with Gasteiger partial charge < -0.3 is 10.1 Å². The molecular formula is C17H14Cl3NO3. The smallest absolute Gasteiger partial charge is 0.328 e. The summed E-state index contributed by atoms with van der Waals surface area (Å²) in [6.07, 6.45) is 0. The number of esters is 1. The van der Waals surface area contributed by atoms with Gasteiger partial charge in [-0.2, -0.15) is 0 Å². The molecule has 0 aromatic heterocycles. The molecule has 0 bridgehead atoms. The van der Waals surface area contributed by atoms with E-state index in [9.17, 15) is 9.59 Å². The highest BCUT2D eigenvalue weighted by molar-refractivity contribution is 6.42. The predicted octanol–water partition coefficient (Wildman–Crippen LogP) is 4.51. The highest BCUT2D eigenvalue weighted by Crippen LogP contribution is 2.22. The molecule has 0 unspecified atom stereocenters. The molecule has 0 saturated carbocycles. The van der Waals surface area contributed by atoms with E-state index in [2.05, 4.69) is 5.32 Å². The summed E-state index contributed by atoms with van der Waals surface area (Å²) in [6, 6.07) is 10.5. The van der Waals surface area contributed by atoms with Gasteiger partial charge >= 0.3 is 5.97 Å². The summed E-state index contributed by atoms with van der Waals surface area (Å²) in [5.74, 6) is -0.936. The first-order valence-electron chi connectivity index (χ1n) is 7.04. The number of hydrogen-bond donors (Lipinski definition) is 1. The number of amides is 1. The van der Waals surface area contributed by atoms with E-state index in [0.29, 0.717) is 26.2 Å². The molecule has 0 aliphatic rings. The maximum absolute atomic E-state index is 12.0. The number of carbonyl (C=O) groups is 2. The van der Waals surface area contributed by atoms with E-state index >= 15 is 0 Å². The molecule has 0 fully saturated rings. The molecule has 2 aromatic rings. The Bertz CT molecular complexity index is 747. The highest BCUT2D eigenvalue weighted by atomic mass is 35.5. The average Bonchev–Trinajstić information content (AvgIpc) is 2.56. The van der Waals surface area contributed by atoms with Gasteiger partial charge in [0.25, 0.3) is 5.91 Å². The van der Waals surface area contributed by atoms with E-state index < -0.39 is 12.0 Å². The van der Waals surface area contributed by atoms with Gasteiger partial charge in [0.1, 0.15) is 12.6 Å². The zero-order valence-corrected chi connectivity index (χ0v) is 15.0. The molecule has 0 radical (unpaired) electrons. The Balaban J connectivity index is 1.88. The van der Waals surface area contributed by atoms with Crippen LogP contribution in [0.5, 0.6) is 0 Å². The SMILES string of the molecule is C[C@H](NC(=O)c1ccc(Cl)cc1)C(=O)OCc1ccc(Cl)c(Cl)c1. The zero-order valence-electron chi connectivity index (χ0n) is 12.7. The lowest BCUT2D eigenvalue weighted by Gasteiger charge is -2.13. The lowest BCUT2D eigenvalue weighted by atomic mass is 10.2. The van der Waals surface area contributed by atoms with Crippen LogP contribution in [0.3, 0.4) is 0 Å². The minimum atomic E-state index is -0.795. The van der Waals surface area contributed by atoms with Crippen molar-refractivity contribution in [2.75, 3.05) is 0 Å². The Hall–Kier alpha value is -1.75. The number of nitrogens with one attached hydrogen (secondary N) is 1. The molecule has 0 heterocycles. The van der Waals surface area contributed by atoms with Gasteiger partial charge in [0.05, 0.1) is 10.0 Å². The first-order valence-corrected chi connectivity index (χ1v) is 8.17. The first kappa shape index (κ1) is 18.6. The van der Waals surface area contributed by atoms with Gasteiger partial charge in [-0.25, -0.2) is 4.79 Å². The number of ether oxygens (including phenoxy) is 1. The molecule has 1 atom stereocenters. The van der Waals surface area contributed by atoms with Crippen LogP contribution in [-0.2, 0) is 16.1 Å². The third kappa shape index (κ3) is 5.13. The molecule has 0 spiro atoms. The van der Waals surface area contributed by atoms with Crippen LogP contribution in [0, 0.1) is 0 Å². The first-order chi connectivity index (χ1) is 11.4. The number of carbonyl (C=O) groups excluding carboxylic acids is 2. The molecule has 0 aliphatic heterocycles. The summed E-state index contributed by atoms with van der Waals surface area (Å²) in [6.45, 7) is 1.59. The quantitative estimate of drug-likeness (QED) is 0.769. The fourth-order valence-electron chi connectivity index (χ4n) is 1.85. The van der Waals surface area contributed by atoms with Crippen molar-refractivity contribution in [2.45, 2.75) is 19.6 Å². The van der Waals surface area contributed by atoms with Crippen molar-refractivity contribution in [2.24, 2.45) is 0 Å². The molecule has 0 aliphatic carbocycles. The van der Waals surface area contributed by atoms with Crippen molar-refractivity contribution in [1.82, 2.24) is 5.32 Å². The standard InChI is InChI=1S/C17H14Cl3NO3/c1-10(21-16(22)12-3-5-13(18)6-4-12)17(23)24-9-11-2-7-14(19)15(20)8-11/h2-8,10H,9H2,1H3,(H,21,22)/t10-/m0/s1. The zero-order chi connectivity index (χ0) is 17.7. The lowest BCUT2D eigenvalue weighted by molar-refractivity contribution is -0.146. The lowest BCUT2D eigenvalue weighted by Crippen LogP contribution is -2.39. The van der Waals surface area contributed by atoms with Gasteiger partial charge in [-0.3, -0.25) is 4.79 Å². The van der Waals surface area contributed by atoms with E-state index in [1.807, 2.05) is 0 Å². The van der Waals surface area contributed by atoms with E-state index in [-0.39, 0.29) is 12.5 Å². The number of rotatable bonds is 5. The van der Waals surface area contributed by atoms with Crippen molar-refractivity contribution in [3.63, 3.8) is 0 Å². The number of hydrogen-bond acceptors (Lipinski definition) is 3. The molecule has 1 amide bonds. The van der Waals surface area contributed by atoms with Gasteiger partial charge in [-0.1, -0.05) is 40.9 Å². The molecule has 2 aromatic carbocycles. The van der Waals surface area contributed by atoms with Gasteiger partial charge in [-0.15, -0.1) is 0 Å². The van der Waals surface area contributed by atoms with Crippen molar-refractivity contribution in [3.8, 4) is 0 Å². The third-order valence-corrected chi connectivity index (χ3v) is 4.16. The van der Waals surface area contributed by atoms with Gasteiger partial charge in [0.15, 0.2) is 0 Å². The number of benzene rings is 2. The minimum Gasteiger partial charge on any atom is -0.459 e. The fourth-order valence-corrected chi connectivity index (χ4v) is 2.30. The second kappa shape index (κ2) is 8.38. The van der Waals surface area contributed by atoms with Crippen molar-refractivity contribution in [1.29, 1.82) is 0 Å².